The van der Waals surface area contributed by atoms with Crippen LogP contribution in [0.2, 0.25) is 0 Å². The summed E-state index contributed by atoms with van der Waals surface area (Å²) in [6, 6.07) is 9.51. The molecule has 5 heteroatoms. The van der Waals surface area contributed by atoms with E-state index in [1.807, 2.05) is 25.1 Å². The average Bonchev–Trinajstić information content (AvgIpc) is 2.74. The molecule has 0 fully saturated rings. The Morgan fingerprint density at radius 3 is 2.45 bits per heavy atom. The van der Waals surface area contributed by atoms with Crippen molar-refractivity contribution >= 4 is 22.7 Å². The predicted molar refractivity (Wildman–Crippen MR) is 86.3 cm³/mol. The second-order valence-corrected chi connectivity index (χ2v) is 6.33. The SMILES string of the molecule is Cc1[nH]c2ccc(Sc3cc(F)cc(F)c3)cc2c1CCN. The number of nitrogens with two attached hydrogens (primary N) is 1. The molecule has 2 nitrogen and oxygen atoms in total. The third-order valence-electron chi connectivity index (χ3n) is 3.56. The van der Waals surface area contributed by atoms with Gasteiger partial charge in [-0.1, -0.05) is 11.8 Å². The maximum atomic E-state index is 13.3. The summed E-state index contributed by atoms with van der Waals surface area (Å²) in [6.45, 7) is 2.61. The summed E-state index contributed by atoms with van der Waals surface area (Å²) in [4.78, 5) is 4.82. The summed E-state index contributed by atoms with van der Waals surface area (Å²) in [6.07, 6.45) is 0.800. The van der Waals surface area contributed by atoms with Gasteiger partial charge in [0.05, 0.1) is 0 Å². The lowest BCUT2D eigenvalue weighted by Crippen LogP contribution is -2.03. The zero-order valence-corrected chi connectivity index (χ0v) is 12.9. The van der Waals surface area contributed by atoms with E-state index in [9.17, 15) is 8.78 Å². The Bertz CT molecular complexity index is 807. The van der Waals surface area contributed by atoms with Gasteiger partial charge in [-0.05, 0) is 55.8 Å². The van der Waals surface area contributed by atoms with Crippen LogP contribution in [0.3, 0.4) is 0 Å². The highest BCUT2D eigenvalue weighted by molar-refractivity contribution is 7.99. The number of nitrogens with one attached hydrogen (secondary N) is 1. The first-order valence-electron chi connectivity index (χ1n) is 7.02. The molecule has 1 heterocycles. The highest BCUT2D eigenvalue weighted by Gasteiger charge is 2.09. The van der Waals surface area contributed by atoms with E-state index >= 15 is 0 Å². The molecule has 3 N–H and O–H groups in total. The van der Waals surface area contributed by atoms with Gasteiger partial charge in [0.2, 0.25) is 0 Å². The molecule has 3 aromatic rings. The van der Waals surface area contributed by atoms with Crippen molar-refractivity contribution in [3.05, 3.63) is 59.3 Å². The summed E-state index contributed by atoms with van der Waals surface area (Å²) < 4.78 is 26.6. The first-order valence-corrected chi connectivity index (χ1v) is 7.83. The van der Waals surface area contributed by atoms with E-state index in [-0.39, 0.29) is 0 Å². The third kappa shape index (κ3) is 3.00. The molecular weight excluding hydrogens is 302 g/mol. The third-order valence-corrected chi connectivity index (χ3v) is 4.52. The van der Waals surface area contributed by atoms with Crippen molar-refractivity contribution in [1.82, 2.24) is 4.98 Å². The molecule has 0 radical (unpaired) electrons. The van der Waals surface area contributed by atoms with Crippen molar-refractivity contribution in [2.75, 3.05) is 6.54 Å². The molecule has 0 amide bonds. The van der Waals surface area contributed by atoms with Crippen molar-refractivity contribution in [2.45, 2.75) is 23.1 Å². The molecule has 0 saturated carbocycles. The van der Waals surface area contributed by atoms with E-state index in [2.05, 4.69) is 4.98 Å². The largest absolute Gasteiger partial charge is 0.358 e. The molecule has 0 aliphatic heterocycles. The van der Waals surface area contributed by atoms with E-state index in [1.165, 1.54) is 29.5 Å². The number of halogens is 2. The molecule has 0 unspecified atom stereocenters. The maximum absolute atomic E-state index is 13.3. The summed E-state index contributed by atoms with van der Waals surface area (Å²) in [5.74, 6) is -1.13. The minimum atomic E-state index is -0.565. The molecule has 1 aromatic heterocycles. The van der Waals surface area contributed by atoms with Gasteiger partial charge in [0.25, 0.3) is 0 Å². The number of fused-ring (bicyclic) bond motifs is 1. The Morgan fingerprint density at radius 1 is 1.05 bits per heavy atom. The van der Waals surface area contributed by atoms with E-state index in [0.717, 1.165) is 34.0 Å². The van der Waals surface area contributed by atoms with Crippen molar-refractivity contribution in [3.63, 3.8) is 0 Å². The lowest BCUT2D eigenvalue weighted by molar-refractivity contribution is 0.577. The highest BCUT2D eigenvalue weighted by atomic mass is 32.2. The predicted octanol–water partition coefficient (Wildman–Crippen LogP) is 4.41. The fourth-order valence-electron chi connectivity index (χ4n) is 2.62. The van der Waals surface area contributed by atoms with Gasteiger partial charge >= 0.3 is 0 Å². The molecule has 114 valence electrons. The number of aromatic nitrogens is 1. The zero-order chi connectivity index (χ0) is 15.7. The fraction of sp³-hybridized carbons (Fsp3) is 0.176. The molecule has 0 aliphatic carbocycles. The van der Waals surface area contributed by atoms with Crippen molar-refractivity contribution < 1.29 is 8.78 Å². The Hall–Kier alpha value is -1.85. The van der Waals surface area contributed by atoms with Gasteiger partial charge in [-0.2, -0.15) is 0 Å². The van der Waals surface area contributed by atoms with Gasteiger partial charge in [0.15, 0.2) is 0 Å². The maximum Gasteiger partial charge on any atom is 0.127 e. The second kappa shape index (κ2) is 6.10. The van der Waals surface area contributed by atoms with E-state index in [4.69, 9.17) is 5.73 Å². The summed E-state index contributed by atoms with van der Waals surface area (Å²) >= 11 is 1.34. The smallest absolute Gasteiger partial charge is 0.127 e. The van der Waals surface area contributed by atoms with Crippen LogP contribution in [-0.2, 0) is 6.42 Å². The van der Waals surface area contributed by atoms with Crippen molar-refractivity contribution in [1.29, 1.82) is 0 Å². The van der Waals surface area contributed by atoms with Crippen molar-refractivity contribution in [3.8, 4) is 0 Å². The molecule has 3 rings (SSSR count). The normalized spacial score (nSPS) is 11.3. The van der Waals surface area contributed by atoms with Crippen LogP contribution in [0, 0.1) is 18.6 Å². The molecule has 0 spiro atoms. The van der Waals surface area contributed by atoms with Crippen LogP contribution in [0.15, 0.2) is 46.2 Å². The standard InChI is InChI=1S/C17H16F2N2S/c1-10-15(4-5-20)16-9-13(2-3-17(16)21-10)22-14-7-11(18)6-12(19)8-14/h2-3,6-9,21H,4-5,20H2,1H3. The van der Waals surface area contributed by atoms with Crippen LogP contribution in [0.1, 0.15) is 11.3 Å². The molecule has 0 aliphatic rings. The van der Waals surface area contributed by atoms with Gasteiger partial charge < -0.3 is 10.7 Å². The minimum Gasteiger partial charge on any atom is -0.358 e. The van der Waals surface area contributed by atoms with Crippen LogP contribution in [0.5, 0.6) is 0 Å². The Kier molecular flexibility index (Phi) is 4.18. The lowest BCUT2D eigenvalue weighted by atomic mass is 10.1. The topological polar surface area (TPSA) is 41.8 Å². The average molecular weight is 318 g/mol. The van der Waals surface area contributed by atoms with Gasteiger partial charge in [-0.3, -0.25) is 0 Å². The van der Waals surface area contributed by atoms with E-state index in [0.29, 0.717) is 11.4 Å². The number of H-pyrrole nitrogens is 1. The van der Waals surface area contributed by atoms with Crippen LogP contribution in [0.4, 0.5) is 8.78 Å². The summed E-state index contributed by atoms with van der Waals surface area (Å²) in [5, 5.41) is 1.12. The highest BCUT2D eigenvalue weighted by Crippen LogP contribution is 2.32. The quantitative estimate of drug-likeness (QED) is 0.748. The van der Waals surface area contributed by atoms with Crippen LogP contribution < -0.4 is 5.73 Å². The number of hydrogen-bond acceptors (Lipinski definition) is 2. The number of hydrogen-bond donors (Lipinski definition) is 2. The summed E-state index contributed by atoms with van der Waals surface area (Å²) in [7, 11) is 0. The van der Waals surface area contributed by atoms with Crippen molar-refractivity contribution in [2.24, 2.45) is 5.73 Å². The fourth-order valence-corrected chi connectivity index (χ4v) is 3.54. The minimum absolute atomic E-state index is 0.546. The zero-order valence-electron chi connectivity index (χ0n) is 12.1. The number of aryl methyl sites for hydroxylation is 1. The molecule has 0 atom stereocenters. The summed E-state index contributed by atoms with van der Waals surface area (Å²) in [5.41, 5.74) is 9.03. The molecule has 2 aromatic carbocycles. The van der Waals surface area contributed by atoms with Crippen LogP contribution in [0.25, 0.3) is 10.9 Å². The lowest BCUT2D eigenvalue weighted by Gasteiger charge is -2.04. The molecule has 0 bridgehead atoms. The number of aromatic amines is 1. The first kappa shape index (κ1) is 15.1. The Morgan fingerprint density at radius 2 is 1.77 bits per heavy atom. The van der Waals surface area contributed by atoms with Gasteiger partial charge in [-0.15, -0.1) is 0 Å². The first-order chi connectivity index (χ1) is 10.6. The van der Waals surface area contributed by atoms with E-state index in [1.54, 1.807) is 0 Å². The van der Waals surface area contributed by atoms with Gasteiger partial charge in [0.1, 0.15) is 11.6 Å². The molecule has 0 saturated heterocycles. The number of rotatable bonds is 4. The number of benzene rings is 2. The molecular formula is C17H16F2N2S. The monoisotopic (exact) mass is 318 g/mol. The molecule has 22 heavy (non-hydrogen) atoms. The Labute approximate surface area is 131 Å². The van der Waals surface area contributed by atoms with Crippen LogP contribution in [-0.4, -0.2) is 11.5 Å². The van der Waals surface area contributed by atoms with Gasteiger partial charge in [-0.25, -0.2) is 8.78 Å². The Balaban J connectivity index is 1.99. The van der Waals surface area contributed by atoms with Gasteiger partial charge in [0, 0.05) is 32.5 Å². The second-order valence-electron chi connectivity index (χ2n) is 5.18. The van der Waals surface area contributed by atoms with E-state index < -0.39 is 11.6 Å². The van der Waals surface area contributed by atoms with Crippen LogP contribution >= 0.6 is 11.8 Å².